The van der Waals surface area contributed by atoms with Crippen LogP contribution < -0.4 is 21.1 Å². The van der Waals surface area contributed by atoms with Crippen LogP contribution in [0.4, 0.5) is 8.78 Å². The Bertz CT molecular complexity index is 497. The van der Waals surface area contributed by atoms with Crippen molar-refractivity contribution in [2.45, 2.75) is 19.6 Å². The fraction of sp³-hybridized carbons (Fsp3) is 0.385. The van der Waals surface area contributed by atoms with Gasteiger partial charge in [-0.15, -0.1) is 0 Å². The maximum absolute atomic E-state index is 12.1. The summed E-state index contributed by atoms with van der Waals surface area (Å²) in [4.78, 5) is 22.5. The average Bonchev–Trinajstić information content (AvgIpc) is 2.44. The molecule has 0 radical (unpaired) electrons. The Kier molecular flexibility index (Phi) is 6.54. The lowest BCUT2D eigenvalue weighted by Gasteiger charge is -2.15. The minimum absolute atomic E-state index is 0.0139. The molecule has 6 nitrogen and oxygen atoms in total. The number of hydrogen-bond acceptors (Lipinski definition) is 4. The second kappa shape index (κ2) is 8.15. The maximum atomic E-state index is 12.1. The molecule has 0 aliphatic carbocycles. The number of benzene rings is 1. The summed E-state index contributed by atoms with van der Waals surface area (Å²) >= 11 is 0. The van der Waals surface area contributed by atoms with E-state index in [4.69, 9.17) is 5.73 Å². The molecule has 0 aliphatic heterocycles. The van der Waals surface area contributed by atoms with Crippen molar-refractivity contribution in [1.29, 1.82) is 0 Å². The lowest BCUT2D eigenvalue weighted by atomic mass is 10.1. The van der Waals surface area contributed by atoms with Crippen LogP contribution in [0.1, 0.15) is 18.5 Å². The van der Waals surface area contributed by atoms with Crippen molar-refractivity contribution in [3.8, 4) is 5.75 Å². The van der Waals surface area contributed by atoms with Crippen molar-refractivity contribution in [2.24, 2.45) is 5.73 Å². The molecule has 0 aromatic heterocycles. The third kappa shape index (κ3) is 6.17. The van der Waals surface area contributed by atoms with Gasteiger partial charge in [-0.1, -0.05) is 12.1 Å². The van der Waals surface area contributed by atoms with Crippen LogP contribution in [0.25, 0.3) is 0 Å². The van der Waals surface area contributed by atoms with Crippen LogP contribution in [-0.4, -0.2) is 31.5 Å². The summed E-state index contributed by atoms with van der Waals surface area (Å²) < 4.78 is 28.5. The Balaban J connectivity index is 2.56. The van der Waals surface area contributed by atoms with E-state index in [9.17, 15) is 18.4 Å². The molecule has 1 aromatic rings. The van der Waals surface area contributed by atoms with Gasteiger partial charge < -0.3 is 21.1 Å². The molecule has 1 aromatic carbocycles. The number of nitrogens with one attached hydrogen (secondary N) is 2. The van der Waals surface area contributed by atoms with E-state index in [-0.39, 0.29) is 18.8 Å². The quantitative estimate of drug-likeness (QED) is 0.685. The van der Waals surface area contributed by atoms with E-state index >= 15 is 0 Å². The Morgan fingerprint density at radius 3 is 2.67 bits per heavy atom. The molecule has 0 saturated carbocycles. The number of rotatable bonds is 7. The minimum Gasteiger partial charge on any atom is -0.435 e. The Labute approximate surface area is 120 Å². The summed E-state index contributed by atoms with van der Waals surface area (Å²) in [6.07, 6.45) is 0. The Hall–Kier alpha value is -2.22. The van der Waals surface area contributed by atoms with Gasteiger partial charge in [-0.3, -0.25) is 9.59 Å². The van der Waals surface area contributed by atoms with Gasteiger partial charge in [0.15, 0.2) is 0 Å². The first-order valence-corrected chi connectivity index (χ1v) is 6.23. The average molecular weight is 301 g/mol. The summed E-state index contributed by atoms with van der Waals surface area (Å²) in [6, 6.07) is 5.60. The van der Waals surface area contributed by atoms with Crippen molar-refractivity contribution in [2.75, 3.05) is 13.1 Å². The number of ether oxygens (including phenoxy) is 1. The highest BCUT2D eigenvalue weighted by Gasteiger charge is 2.12. The van der Waals surface area contributed by atoms with Crippen LogP contribution in [0, 0.1) is 0 Å². The zero-order valence-electron chi connectivity index (χ0n) is 11.4. The van der Waals surface area contributed by atoms with Gasteiger partial charge in [-0.05, 0) is 24.6 Å². The molecule has 0 heterocycles. The van der Waals surface area contributed by atoms with Crippen LogP contribution in [0.2, 0.25) is 0 Å². The van der Waals surface area contributed by atoms with Gasteiger partial charge in [0.2, 0.25) is 11.8 Å². The minimum atomic E-state index is -2.91. The van der Waals surface area contributed by atoms with E-state index in [1.807, 2.05) is 0 Å². The number of carbonyl (C=O) groups excluding carboxylic acids is 2. The number of nitrogens with two attached hydrogens (primary N) is 1. The van der Waals surface area contributed by atoms with E-state index in [1.165, 1.54) is 12.1 Å². The molecular weight excluding hydrogens is 284 g/mol. The predicted molar refractivity (Wildman–Crippen MR) is 71.7 cm³/mol. The van der Waals surface area contributed by atoms with Gasteiger partial charge in [-0.2, -0.15) is 8.78 Å². The highest BCUT2D eigenvalue weighted by molar-refractivity contribution is 5.85. The fourth-order valence-electron chi connectivity index (χ4n) is 1.59. The third-order valence-electron chi connectivity index (χ3n) is 2.59. The van der Waals surface area contributed by atoms with E-state index in [0.29, 0.717) is 5.56 Å². The van der Waals surface area contributed by atoms with Crippen LogP contribution in [0.5, 0.6) is 5.75 Å². The third-order valence-corrected chi connectivity index (χ3v) is 2.59. The molecule has 1 rings (SSSR count). The first-order valence-electron chi connectivity index (χ1n) is 6.23. The largest absolute Gasteiger partial charge is 0.435 e. The smallest absolute Gasteiger partial charge is 0.387 e. The van der Waals surface area contributed by atoms with E-state index in [2.05, 4.69) is 15.4 Å². The van der Waals surface area contributed by atoms with Gasteiger partial charge in [0, 0.05) is 0 Å². The molecule has 0 fully saturated rings. The molecule has 1 unspecified atom stereocenters. The molecule has 0 aliphatic rings. The molecule has 0 spiro atoms. The van der Waals surface area contributed by atoms with Crippen LogP contribution in [0.3, 0.4) is 0 Å². The van der Waals surface area contributed by atoms with Crippen molar-refractivity contribution < 1.29 is 23.1 Å². The predicted octanol–water partition coefficient (Wildman–Crippen LogP) is 0.540. The lowest BCUT2D eigenvalue weighted by Crippen LogP contribution is -2.40. The molecule has 0 bridgehead atoms. The summed E-state index contributed by atoms with van der Waals surface area (Å²) in [5.74, 6) is -0.838. The first kappa shape index (κ1) is 16.8. The summed E-state index contributed by atoms with van der Waals surface area (Å²) in [7, 11) is 0. The fourth-order valence-corrected chi connectivity index (χ4v) is 1.59. The summed E-state index contributed by atoms with van der Waals surface area (Å²) in [5.41, 5.74) is 5.69. The van der Waals surface area contributed by atoms with Gasteiger partial charge >= 0.3 is 6.61 Å². The number of halogens is 2. The number of hydrogen-bond donors (Lipinski definition) is 3. The SMILES string of the molecule is CC(NC(=O)CNC(=O)CN)c1cccc(OC(F)F)c1. The van der Waals surface area contributed by atoms with Gasteiger partial charge in [0.05, 0.1) is 19.1 Å². The standard InChI is InChI=1S/C13H17F2N3O3/c1-8(18-12(20)7-17-11(19)6-16)9-3-2-4-10(5-9)21-13(14)15/h2-5,8,13H,6-7,16H2,1H3,(H,17,19)(H,18,20). The molecule has 0 saturated heterocycles. The number of amides is 2. The molecule has 116 valence electrons. The summed E-state index contributed by atoms with van der Waals surface area (Å²) in [5, 5.41) is 4.95. The van der Waals surface area contributed by atoms with Crippen molar-refractivity contribution in [1.82, 2.24) is 10.6 Å². The second-order valence-electron chi connectivity index (χ2n) is 4.22. The highest BCUT2D eigenvalue weighted by atomic mass is 19.3. The van der Waals surface area contributed by atoms with Crippen LogP contribution >= 0.6 is 0 Å². The Morgan fingerprint density at radius 1 is 1.33 bits per heavy atom. The molecule has 1 atom stereocenters. The van der Waals surface area contributed by atoms with E-state index in [0.717, 1.165) is 0 Å². The molecule has 2 amide bonds. The second-order valence-corrected chi connectivity index (χ2v) is 4.22. The van der Waals surface area contributed by atoms with Crippen molar-refractivity contribution in [3.05, 3.63) is 29.8 Å². The zero-order chi connectivity index (χ0) is 15.8. The maximum Gasteiger partial charge on any atom is 0.387 e. The van der Waals surface area contributed by atoms with Gasteiger partial charge in [0.25, 0.3) is 0 Å². The van der Waals surface area contributed by atoms with E-state index < -0.39 is 24.5 Å². The molecular formula is C13H17F2N3O3. The number of carbonyl (C=O) groups is 2. The summed E-state index contributed by atoms with van der Waals surface area (Å²) in [6.45, 7) is -1.62. The van der Waals surface area contributed by atoms with E-state index in [1.54, 1.807) is 19.1 Å². The number of alkyl halides is 2. The van der Waals surface area contributed by atoms with Gasteiger partial charge in [-0.25, -0.2) is 0 Å². The Morgan fingerprint density at radius 2 is 2.05 bits per heavy atom. The molecule has 4 N–H and O–H groups in total. The highest BCUT2D eigenvalue weighted by Crippen LogP contribution is 2.20. The molecule has 21 heavy (non-hydrogen) atoms. The first-order chi connectivity index (χ1) is 9.92. The topological polar surface area (TPSA) is 93.5 Å². The van der Waals surface area contributed by atoms with Crippen molar-refractivity contribution >= 4 is 11.8 Å². The molecule has 8 heteroatoms. The lowest BCUT2D eigenvalue weighted by molar-refractivity contribution is -0.125. The van der Waals surface area contributed by atoms with Crippen molar-refractivity contribution in [3.63, 3.8) is 0 Å². The van der Waals surface area contributed by atoms with Crippen LogP contribution in [0.15, 0.2) is 24.3 Å². The van der Waals surface area contributed by atoms with Gasteiger partial charge in [0.1, 0.15) is 5.75 Å². The normalized spacial score (nSPS) is 11.9. The zero-order valence-corrected chi connectivity index (χ0v) is 11.4. The monoisotopic (exact) mass is 301 g/mol. The van der Waals surface area contributed by atoms with Crippen LogP contribution in [-0.2, 0) is 9.59 Å².